The third-order valence-corrected chi connectivity index (χ3v) is 4.45. The molecule has 104 valence electrons. The monoisotopic (exact) mass is 253 g/mol. The van der Waals surface area contributed by atoms with Crippen molar-refractivity contribution in [2.75, 3.05) is 20.1 Å². The largest absolute Gasteiger partial charge is 0.353 e. The van der Waals surface area contributed by atoms with Crippen LogP contribution >= 0.6 is 0 Å². The van der Waals surface area contributed by atoms with Crippen molar-refractivity contribution in [1.29, 1.82) is 0 Å². The summed E-state index contributed by atoms with van der Waals surface area (Å²) in [5.74, 6) is 0.161. The summed E-state index contributed by atoms with van der Waals surface area (Å²) in [5, 5.41) is 3.17. The molecule has 0 bridgehead atoms. The number of likely N-dealkylation sites (tertiary alicyclic amines) is 1. The normalized spacial score (nSPS) is 25.9. The van der Waals surface area contributed by atoms with Gasteiger partial charge in [0.15, 0.2) is 0 Å². The molecule has 0 aromatic rings. The predicted octanol–water partition coefficient (Wildman–Crippen LogP) is 1.25. The van der Waals surface area contributed by atoms with Gasteiger partial charge in [-0.05, 0) is 45.8 Å². The Balaban J connectivity index is 1.74. The van der Waals surface area contributed by atoms with Crippen LogP contribution in [0.4, 0.5) is 0 Å². The van der Waals surface area contributed by atoms with E-state index in [1.165, 1.54) is 19.3 Å². The van der Waals surface area contributed by atoms with Gasteiger partial charge in [-0.25, -0.2) is 0 Å². The van der Waals surface area contributed by atoms with Crippen molar-refractivity contribution in [3.63, 3.8) is 0 Å². The summed E-state index contributed by atoms with van der Waals surface area (Å²) in [6, 6.07) is 0.362. The van der Waals surface area contributed by atoms with Crippen molar-refractivity contribution >= 4 is 5.91 Å². The minimum Gasteiger partial charge on any atom is -0.353 e. The number of nitrogens with two attached hydrogens (primary N) is 1. The van der Waals surface area contributed by atoms with E-state index >= 15 is 0 Å². The van der Waals surface area contributed by atoms with E-state index in [2.05, 4.69) is 17.3 Å². The predicted molar refractivity (Wildman–Crippen MR) is 73.3 cm³/mol. The second-order valence-corrected chi connectivity index (χ2v) is 6.24. The van der Waals surface area contributed by atoms with Gasteiger partial charge in [0, 0.05) is 18.0 Å². The van der Waals surface area contributed by atoms with Crippen LogP contribution < -0.4 is 11.1 Å². The zero-order valence-electron chi connectivity index (χ0n) is 11.6. The standard InChI is InChI=1S/C14H27N3O/c1-17-9-5-12(6-10-17)16-13(18)11-14(15)7-3-2-4-8-14/h12H,2-11,15H2,1H3,(H,16,18). The topological polar surface area (TPSA) is 58.4 Å². The highest BCUT2D eigenvalue weighted by Crippen LogP contribution is 2.28. The highest BCUT2D eigenvalue weighted by molar-refractivity contribution is 5.77. The SMILES string of the molecule is CN1CCC(NC(=O)CC2(N)CCCCC2)CC1. The summed E-state index contributed by atoms with van der Waals surface area (Å²) in [6.07, 6.45) is 8.30. The zero-order valence-corrected chi connectivity index (χ0v) is 11.6. The van der Waals surface area contributed by atoms with E-state index in [-0.39, 0.29) is 11.4 Å². The highest BCUT2D eigenvalue weighted by atomic mass is 16.1. The fourth-order valence-electron chi connectivity index (χ4n) is 3.18. The van der Waals surface area contributed by atoms with Crippen LogP contribution in [0.1, 0.15) is 51.4 Å². The molecule has 0 aromatic heterocycles. The summed E-state index contributed by atoms with van der Waals surface area (Å²) in [5.41, 5.74) is 6.09. The molecule has 1 aliphatic carbocycles. The molecule has 18 heavy (non-hydrogen) atoms. The Kier molecular flexibility index (Phi) is 4.62. The average Bonchev–Trinajstić information content (AvgIpc) is 2.32. The summed E-state index contributed by atoms with van der Waals surface area (Å²) in [7, 11) is 2.13. The lowest BCUT2D eigenvalue weighted by Gasteiger charge is -2.34. The molecule has 1 aliphatic heterocycles. The Labute approximate surface area is 110 Å². The maximum Gasteiger partial charge on any atom is 0.222 e. The molecule has 1 heterocycles. The molecule has 1 saturated carbocycles. The lowest BCUT2D eigenvalue weighted by Crippen LogP contribution is -2.49. The van der Waals surface area contributed by atoms with Crippen LogP contribution in [0.2, 0.25) is 0 Å². The second-order valence-electron chi connectivity index (χ2n) is 6.24. The van der Waals surface area contributed by atoms with Gasteiger partial charge in [-0.1, -0.05) is 19.3 Å². The minimum atomic E-state index is -0.228. The molecular weight excluding hydrogens is 226 g/mol. The first-order chi connectivity index (χ1) is 8.57. The van der Waals surface area contributed by atoms with Crippen molar-refractivity contribution in [3.05, 3.63) is 0 Å². The van der Waals surface area contributed by atoms with Gasteiger partial charge in [-0.3, -0.25) is 4.79 Å². The summed E-state index contributed by atoms with van der Waals surface area (Å²) in [4.78, 5) is 14.4. The van der Waals surface area contributed by atoms with Crippen molar-refractivity contribution in [2.24, 2.45) is 5.73 Å². The third kappa shape index (κ3) is 3.95. The van der Waals surface area contributed by atoms with Crippen LogP contribution in [0.5, 0.6) is 0 Å². The van der Waals surface area contributed by atoms with E-state index in [0.29, 0.717) is 12.5 Å². The van der Waals surface area contributed by atoms with E-state index < -0.39 is 0 Å². The van der Waals surface area contributed by atoms with Crippen LogP contribution in [-0.2, 0) is 4.79 Å². The molecule has 1 saturated heterocycles. The number of hydrogen-bond donors (Lipinski definition) is 2. The summed E-state index contributed by atoms with van der Waals surface area (Å²) >= 11 is 0. The van der Waals surface area contributed by atoms with Crippen LogP contribution in [-0.4, -0.2) is 42.5 Å². The van der Waals surface area contributed by atoms with E-state index in [0.717, 1.165) is 38.8 Å². The molecule has 0 atom stereocenters. The Hall–Kier alpha value is -0.610. The number of carbonyl (C=O) groups excluding carboxylic acids is 1. The molecule has 0 aromatic carbocycles. The maximum absolute atomic E-state index is 12.1. The Morgan fingerprint density at radius 2 is 1.89 bits per heavy atom. The number of nitrogens with zero attached hydrogens (tertiary/aromatic N) is 1. The van der Waals surface area contributed by atoms with Gasteiger partial charge in [0.2, 0.25) is 5.91 Å². The fraction of sp³-hybridized carbons (Fsp3) is 0.929. The maximum atomic E-state index is 12.1. The van der Waals surface area contributed by atoms with Gasteiger partial charge in [0.1, 0.15) is 0 Å². The van der Waals surface area contributed by atoms with Crippen LogP contribution in [0, 0.1) is 0 Å². The Morgan fingerprint density at radius 3 is 2.50 bits per heavy atom. The molecule has 2 aliphatic rings. The first-order valence-electron chi connectivity index (χ1n) is 7.34. The number of rotatable bonds is 3. The lowest BCUT2D eigenvalue weighted by molar-refractivity contribution is -0.123. The van der Waals surface area contributed by atoms with Crippen molar-refractivity contribution in [2.45, 2.75) is 62.9 Å². The first-order valence-corrected chi connectivity index (χ1v) is 7.34. The summed E-state index contributed by atoms with van der Waals surface area (Å²) < 4.78 is 0. The fourth-order valence-corrected chi connectivity index (χ4v) is 3.18. The number of hydrogen-bond acceptors (Lipinski definition) is 3. The van der Waals surface area contributed by atoms with Crippen molar-refractivity contribution < 1.29 is 4.79 Å². The van der Waals surface area contributed by atoms with Gasteiger partial charge in [-0.2, -0.15) is 0 Å². The van der Waals surface area contributed by atoms with Crippen LogP contribution in [0.3, 0.4) is 0 Å². The van der Waals surface area contributed by atoms with Crippen LogP contribution in [0.25, 0.3) is 0 Å². The van der Waals surface area contributed by atoms with E-state index in [1.807, 2.05) is 0 Å². The number of amides is 1. The van der Waals surface area contributed by atoms with Crippen LogP contribution in [0.15, 0.2) is 0 Å². The smallest absolute Gasteiger partial charge is 0.222 e. The molecule has 0 spiro atoms. The number of carbonyl (C=O) groups is 1. The number of piperidine rings is 1. The summed E-state index contributed by atoms with van der Waals surface area (Å²) in [6.45, 7) is 2.16. The third-order valence-electron chi connectivity index (χ3n) is 4.45. The van der Waals surface area contributed by atoms with Gasteiger partial charge < -0.3 is 16.0 Å². The highest BCUT2D eigenvalue weighted by Gasteiger charge is 2.30. The quantitative estimate of drug-likeness (QED) is 0.796. The zero-order chi connectivity index (χ0) is 13.0. The van der Waals surface area contributed by atoms with Gasteiger partial charge in [0.05, 0.1) is 0 Å². The van der Waals surface area contributed by atoms with E-state index in [4.69, 9.17) is 5.73 Å². The molecule has 0 radical (unpaired) electrons. The molecular formula is C14H27N3O. The van der Waals surface area contributed by atoms with E-state index in [1.54, 1.807) is 0 Å². The molecule has 0 unspecified atom stereocenters. The Bertz CT molecular complexity index is 279. The molecule has 1 amide bonds. The second kappa shape index (κ2) is 6.02. The minimum absolute atomic E-state index is 0.161. The number of nitrogens with one attached hydrogen (secondary N) is 1. The molecule has 2 rings (SSSR count). The Morgan fingerprint density at radius 1 is 1.28 bits per heavy atom. The van der Waals surface area contributed by atoms with E-state index in [9.17, 15) is 4.79 Å². The van der Waals surface area contributed by atoms with Gasteiger partial charge in [0.25, 0.3) is 0 Å². The van der Waals surface area contributed by atoms with Crippen molar-refractivity contribution in [3.8, 4) is 0 Å². The lowest BCUT2D eigenvalue weighted by atomic mass is 9.80. The molecule has 2 fully saturated rings. The first kappa shape index (κ1) is 13.8. The van der Waals surface area contributed by atoms with Crippen molar-refractivity contribution in [1.82, 2.24) is 10.2 Å². The molecule has 3 N–H and O–H groups in total. The molecule has 4 nitrogen and oxygen atoms in total. The average molecular weight is 253 g/mol. The van der Waals surface area contributed by atoms with Gasteiger partial charge in [-0.15, -0.1) is 0 Å². The molecule has 4 heteroatoms. The van der Waals surface area contributed by atoms with Gasteiger partial charge >= 0.3 is 0 Å².